The lowest BCUT2D eigenvalue weighted by Gasteiger charge is -2.19. The van der Waals surface area contributed by atoms with E-state index in [0.29, 0.717) is 22.1 Å². The number of rotatable bonds is 4. The van der Waals surface area contributed by atoms with Crippen LogP contribution in [0.3, 0.4) is 0 Å². The van der Waals surface area contributed by atoms with Gasteiger partial charge in [-0.15, -0.1) is 10.2 Å². The minimum Gasteiger partial charge on any atom is -0.317 e. The number of halogens is 1. The van der Waals surface area contributed by atoms with Gasteiger partial charge in [-0.25, -0.2) is 8.42 Å². The highest BCUT2D eigenvalue weighted by Gasteiger charge is 2.20. The fraction of sp³-hybridized carbons (Fsp3) is 0.263. The molecule has 2 aromatic carbocycles. The summed E-state index contributed by atoms with van der Waals surface area (Å²) in [5.74, 6) is 0.512. The Labute approximate surface area is 164 Å². The van der Waals surface area contributed by atoms with Gasteiger partial charge in [0.1, 0.15) is 6.33 Å². The summed E-state index contributed by atoms with van der Waals surface area (Å²) in [6.45, 7) is 6.24. The van der Waals surface area contributed by atoms with Crippen molar-refractivity contribution in [3.63, 3.8) is 0 Å². The molecular weight excluding hydrogens is 384 g/mol. The molecule has 3 rings (SSSR count). The molecule has 0 aliphatic rings. The molecule has 1 N–H and O–H groups in total. The van der Waals surface area contributed by atoms with Crippen molar-refractivity contribution in [1.29, 1.82) is 0 Å². The Morgan fingerprint density at radius 3 is 2.30 bits per heavy atom. The Morgan fingerprint density at radius 2 is 1.74 bits per heavy atom. The molecule has 6 nitrogen and oxygen atoms in total. The monoisotopic (exact) mass is 404 g/mol. The molecule has 8 heteroatoms. The van der Waals surface area contributed by atoms with Gasteiger partial charge in [0.05, 0.1) is 10.6 Å². The molecule has 0 radical (unpaired) electrons. The van der Waals surface area contributed by atoms with E-state index in [4.69, 9.17) is 11.6 Å². The van der Waals surface area contributed by atoms with Crippen LogP contribution in [0.15, 0.2) is 53.7 Å². The van der Waals surface area contributed by atoms with E-state index < -0.39 is 10.0 Å². The smallest absolute Gasteiger partial charge is 0.261 e. The number of nitrogens with zero attached hydrogens (tertiary/aromatic N) is 3. The quantitative estimate of drug-likeness (QED) is 0.705. The van der Waals surface area contributed by atoms with Crippen LogP contribution in [0.5, 0.6) is 0 Å². The van der Waals surface area contributed by atoms with Gasteiger partial charge in [-0.1, -0.05) is 44.5 Å². The number of hydrogen-bond acceptors (Lipinski definition) is 4. The highest BCUT2D eigenvalue weighted by Crippen LogP contribution is 2.31. The first kappa shape index (κ1) is 19.4. The Hall–Kier alpha value is -2.38. The number of benzene rings is 2. The molecule has 0 aliphatic carbocycles. The van der Waals surface area contributed by atoms with Crippen molar-refractivity contribution in [1.82, 2.24) is 14.8 Å². The van der Waals surface area contributed by atoms with E-state index in [2.05, 4.69) is 35.7 Å². The molecule has 1 heterocycles. The van der Waals surface area contributed by atoms with Crippen LogP contribution in [-0.4, -0.2) is 23.2 Å². The molecule has 142 valence electrons. The number of nitrogens with one attached hydrogen (secondary N) is 1. The molecular formula is C19H21ClN4O2S. The van der Waals surface area contributed by atoms with Crippen LogP contribution in [0.2, 0.25) is 5.02 Å². The van der Waals surface area contributed by atoms with Gasteiger partial charge in [0, 0.05) is 17.6 Å². The van der Waals surface area contributed by atoms with Crippen molar-refractivity contribution >= 4 is 27.3 Å². The largest absolute Gasteiger partial charge is 0.317 e. The van der Waals surface area contributed by atoms with Crippen LogP contribution < -0.4 is 4.72 Å². The van der Waals surface area contributed by atoms with Gasteiger partial charge in [0.15, 0.2) is 5.82 Å². The summed E-state index contributed by atoms with van der Waals surface area (Å²) < 4.78 is 30.1. The Balaban J connectivity index is 1.98. The zero-order valence-electron chi connectivity index (χ0n) is 15.6. The summed E-state index contributed by atoms with van der Waals surface area (Å²) in [5.41, 5.74) is 1.95. The van der Waals surface area contributed by atoms with E-state index in [0.717, 1.165) is 5.56 Å². The molecule has 0 saturated heterocycles. The number of aromatic nitrogens is 3. The molecule has 0 unspecified atom stereocenters. The van der Waals surface area contributed by atoms with E-state index in [1.54, 1.807) is 48.3 Å². The molecule has 0 spiro atoms. The van der Waals surface area contributed by atoms with Crippen molar-refractivity contribution in [2.45, 2.75) is 31.1 Å². The van der Waals surface area contributed by atoms with Crippen molar-refractivity contribution in [3.8, 4) is 11.4 Å². The lowest BCUT2D eigenvalue weighted by atomic mass is 9.87. The summed E-state index contributed by atoms with van der Waals surface area (Å²) in [4.78, 5) is 0.189. The summed E-state index contributed by atoms with van der Waals surface area (Å²) in [6.07, 6.45) is 1.54. The normalized spacial score (nSPS) is 12.2. The maximum atomic E-state index is 12.9. The second kappa shape index (κ2) is 6.98. The highest BCUT2D eigenvalue weighted by atomic mass is 35.5. The molecule has 0 fully saturated rings. The van der Waals surface area contributed by atoms with E-state index >= 15 is 0 Å². The van der Waals surface area contributed by atoms with Gasteiger partial charge >= 0.3 is 0 Å². The zero-order valence-corrected chi connectivity index (χ0v) is 17.1. The van der Waals surface area contributed by atoms with Gasteiger partial charge in [-0.05, 0) is 41.3 Å². The van der Waals surface area contributed by atoms with Crippen LogP contribution in [0, 0.1) is 0 Å². The van der Waals surface area contributed by atoms with Crippen LogP contribution in [0.1, 0.15) is 26.3 Å². The second-order valence-electron chi connectivity index (χ2n) is 7.34. The minimum absolute atomic E-state index is 0.0513. The highest BCUT2D eigenvalue weighted by molar-refractivity contribution is 7.92. The number of sulfonamides is 1. The first-order valence-corrected chi connectivity index (χ1v) is 10.2. The Kier molecular flexibility index (Phi) is 5.01. The SMILES string of the molecule is Cn1cnnc1-c1cc(Cl)ccc1NS(=O)(=O)c1ccc(C(C)(C)C)cc1. The predicted molar refractivity (Wildman–Crippen MR) is 107 cm³/mol. The van der Waals surface area contributed by atoms with Crippen LogP contribution in [0.4, 0.5) is 5.69 Å². The molecule has 3 aromatic rings. The summed E-state index contributed by atoms with van der Waals surface area (Å²) >= 11 is 6.10. The van der Waals surface area contributed by atoms with E-state index in [1.807, 2.05) is 12.1 Å². The summed E-state index contributed by atoms with van der Waals surface area (Å²) in [6, 6.07) is 11.8. The topological polar surface area (TPSA) is 76.9 Å². The molecule has 0 bridgehead atoms. The van der Waals surface area contributed by atoms with Crippen molar-refractivity contribution in [3.05, 3.63) is 59.4 Å². The average molecular weight is 405 g/mol. The molecule has 0 aliphatic heterocycles. The zero-order chi connectivity index (χ0) is 19.8. The van der Waals surface area contributed by atoms with Gasteiger partial charge < -0.3 is 4.57 Å². The van der Waals surface area contributed by atoms with E-state index in [9.17, 15) is 8.42 Å². The van der Waals surface area contributed by atoms with Gasteiger partial charge in [0.2, 0.25) is 0 Å². The van der Waals surface area contributed by atoms with Crippen molar-refractivity contribution < 1.29 is 8.42 Å². The fourth-order valence-corrected chi connectivity index (χ4v) is 3.91. The number of hydrogen-bond donors (Lipinski definition) is 1. The van der Waals surface area contributed by atoms with Gasteiger partial charge in [-0.2, -0.15) is 0 Å². The number of aryl methyl sites for hydroxylation is 1. The average Bonchev–Trinajstić information content (AvgIpc) is 3.01. The van der Waals surface area contributed by atoms with E-state index in [1.165, 1.54) is 0 Å². The minimum atomic E-state index is -3.77. The third-order valence-electron chi connectivity index (χ3n) is 4.21. The van der Waals surface area contributed by atoms with Crippen LogP contribution in [0.25, 0.3) is 11.4 Å². The Morgan fingerprint density at radius 1 is 1.07 bits per heavy atom. The lowest BCUT2D eigenvalue weighted by molar-refractivity contribution is 0.587. The number of anilines is 1. The molecule has 1 aromatic heterocycles. The molecule has 27 heavy (non-hydrogen) atoms. The van der Waals surface area contributed by atoms with E-state index in [-0.39, 0.29) is 10.3 Å². The lowest BCUT2D eigenvalue weighted by Crippen LogP contribution is -2.15. The molecule has 0 atom stereocenters. The van der Waals surface area contributed by atoms with Crippen molar-refractivity contribution in [2.75, 3.05) is 4.72 Å². The predicted octanol–water partition coefficient (Wildman–Crippen LogP) is 4.23. The first-order chi connectivity index (χ1) is 12.6. The van der Waals surface area contributed by atoms with Gasteiger partial charge in [0.25, 0.3) is 10.0 Å². The first-order valence-electron chi connectivity index (χ1n) is 8.35. The van der Waals surface area contributed by atoms with Crippen LogP contribution in [-0.2, 0) is 22.5 Å². The third kappa shape index (κ3) is 4.14. The fourth-order valence-electron chi connectivity index (χ4n) is 2.66. The third-order valence-corrected chi connectivity index (χ3v) is 5.83. The standard InChI is InChI=1S/C19H21ClN4O2S/c1-19(2,3)13-5-8-15(9-6-13)27(25,26)23-17-10-7-14(20)11-16(17)18-22-21-12-24(18)4/h5-12,23H,1-4H3. The molecule has 0 amide bonds. The maximum Gasteiger partial charge on any atom is 0.261 e. The maximum absolute atomic E-state index is 12.9. The second-order valence-corrected chi connectivity index (χ2v) is 9.45. The summed E-state index contributed by atoms with van der Waals surface area (Å²) in [5, 5.41) is 8.37. The molecule has 0 saturated carbocycles. The van der Waals surface area contributed by atoms with Crippen LogP contribution >= 0.6 is 11.6 Å². The van der Waals surface area contributed by atoms with Gasteiger partial charge in [-0.3, -0.25) is 4.72 Å². The summed E-state index contributed by atoms with van der Waals surface area (Å²) in [7, 11) is -1.99. The van der Waals surface area contributed by atoms with Crippen molar-refractivity contribution in [2.24, 2.45) is 7.05 Å². The Bertz CT molecular complexity index is 1070.